The van der Waals surface area contributed by atoms with Crippen molar-refractivity contribution in [2.75, 3.05) is 33.8 Å². The molecule has 2 aromatic heterocycles. The van der Waals surface area contributed by atoms with Crippen LogP contribution in [0.1, 0.15) is 47.5 Å². The lowest BCUT2D eigenvalue weighted by Gasteiger charge is -2.39. The number of nitrogens with zero attached hydrogens (tertiary/aromatic N) is 3. The maximum absolute atomic E-state index is 5.53. The Hall–Kier alpha value is -2.12. The van der Waals surface area contributed by atoms with Gasteiger partial charge in [-0.15, -0.1) is 11.3 Å². The molecule has 3 heterocycles. The average molecular weight is 430 g/mol. The molecule has 0 radical (unpaired) electrons. The number of piperidine rings is 1. The number of hydrogen-bond donors (Lipinski definition) is 2. The minimum Gasteiger partial charge on any atom is -0.496 e. The number of thiophene rings is 1. The third kappa shape index (κ3) is 5.32. The summed E-state index contributed by atoms with van der Waals surface area (Å²) < 4.78 is 5.53. The Morgan fingerprint density at radius 1 is 1.37 bits per heavy atom. The molecule has 7 heteroatoms. The summed E-state index contributed by atoms with van der Waals surface area (Å²) in [6, 6.07) is 4.89. The van der Waals surface area contributed by atoms with E-state index in [4.69, 9.17) is 9.73 Å². The van der Waals surface area contributed by atoms with Crippen LogP contribution in [0.4, 0.5) is 0 Å². The predicted octanol–water partition coefficient (Wildman–Crippen LogP) is 3.91. The first kappa shape index (κ1) is 22.6. The van der Waals surface area contributed by atoms with Gasteiger partial charge in [-0.1, -0.05) is 6.07 Å². The molecule has 0 saturated carbocycles. The minimum atomic E-state index is 0.472. The Balaban J connectivity index is 1.69. The van der Waals surface area contributed by atoms with Crippen molar-refractivity contribution in [2.24, 2.45) is 10.9 Å². The SMILES string of the molecule is CCNC(=NCc1ncc(C)c(OC)c1C)NCC1CCCN(C)C1c1cccs1. The zero-order valence-electron chi connectivity index (χ0n) is 18.9. The zero-order valence-corrected chi connectivity index (χ0v) is 19.7. The fourth-order valence-corrected chi connectivity index (χ4v) is 5.32. The van der Waals surface area contributed by atoms with Crippen LogP contribution in [-0.2, 0) is 6.54 Å². The number of likely N-dealkylation sites (tertiary alicyclic amines) is 1. The number of methoxy groups -OCH3 is 1. The van der Waals surface area contributed by atoms with Crippen LogP contribution in [-0.4, -0.2) is 49.6 Å². The standard InChI is InChI=1S/C23H35N5OS/c1-6-24-23(27-15-19-17(3)22(29-5)16(2)13-25-19)26-14-18-9-7-11-28(4)21(18)20-10-8-12-30-20/h8,10,12-13,18,21H,6-7,9,11,14-15H2,1-5H3,(H2,24,26,27). The molecule has 2 unspecified atom stereocenters. The number of ether oxygens (including phenoxy) is 1. The summed E-state index contributed by atoms with van der Waals surface area (Å²) in [6.07, 6.45) is 4.33. The topological polar surface area (TPSA) is 61.8 Å². The Labute approximate surface area is 184 Å². The summed E-state index contributed by atoms with van der Waals surface area (Å²) in [5.74, 6) is 2.30. The molecule has 0 amide bonds. The van der Waals surface area contributed by atoms with Gasteiger partial charge in [0.05, 0.1) is 19.3 Å². The predicted molar refractivity (Wildman–Crippen MR) is 125 cm³/mol. The van der Waals surface area contributed by atoms with Gasteiger partial charge in [0.15, 0.2) is 5.96 Å². The Morgan fingerprint density at radius 3 is 2.90 bits per heavy atom. The Morgan fingerprint density at radius 2 is 2.20 bits per heavy atom. The van der Waals surface area contributed by atoms with Gasteiger partial charge in [-0.25, -0.2) is 4.99 Å². The highest BCUT2D eigenvalue weighted by atomic mass is 32.1. The molecule has 1 aliphatic heterocycles. The van der Waals surface area contributed by atoms with Crippen LogP contribution in [0.5, 0.6) is 5.75 Å². The van der Waals surface area contributed by atoms with Crippen LogP contribution in [0.3, 0.4) is 0 Å². The third-order valence-electron chi connectivity index (χ3n) is 5.85. The summed E-state index contributed by atoms with van der Waals surface area (Å²) in [7, 11) is 3.95. The van der Waals surface area contributed by atoms with E-state index in [9.17, 15) is 0 Å². The second-order valence-electron chi connectivity index (χ2n) is 7.97. The number of aliphatic imine (C=N–C) groups is 1. The van der Waals surface area contributed by atoms with Crippen molar-refractivity contribution < 1.29 is 4.74 Å². The van der Waals surface area contributed by atoms with E-state index in [1.165, 1.54) is 17.7 Å². The maximum Gasteiger partial charge on any atom is 0.191 e. The minimum absolute atomic E-state index is 0.472. The van der Waals surface area contributed by atoms with Gasteiger partial charge in [-0.2, -0.15) is 0 Å². The molecule has 1 saturated heterocycles. The molecular weight excluding hydrogens is 394 g/mol. The largest absolute Gasteiger partial charge is 0.496 e. The molecule has 0 aliphatic carbocycles. The first-order valence-electron chi connectivity index (χ1n) is 10.8. The Bertz CT molecular complexity index is 836. The van der Waals surface area contributed by atoms with Crippen LogP contribution < -0.4 is 15.4 Å². The summed E-state index contributed by atoms with van der Waals surface area (Å²) in [6.45, 7) is 9.58. The van der Waals surface area contributed by atoms with Gasteiger partial charge in [0.2, 0.25) is 0 Å². The maximum atomic E-state index is 5.53. The molecule has 3 rings (SSSR count). The van der Waals surface area contributed by atoms with E-state index in [1.807, 2.05) is 31.4 Å². The Kier molecular flexibility index (Phi) is 8.10. The highest BCUT2D eigenvalue weighted by Crippen LogP contribution is 2.36. The second-order valence-corrected chi connectivity index (χ2v) is 8.94. The number of aryl methyl sites for hydroxylation is 1. The van der Waals surface area contributed by atoms with Gasteiger partial charge in [0.1, 0.15) is 5.75 Å². The fourth-order valence-electron chi connectivity index (χ4n) is 4.34. The molecular formula is C23H35N5OS. The lowest BCUT2D eigenvalue weighted by atomic mass is 9.88. The molecule has 1 aliphatic rings. The van der Waals surface area contributed by atoms with E-state index in [2.05, 4.69) is 52.0 Å². The molecule has 164 valence electrons. The molecule has 0 aromatic carbocycles. The summed E-state index contributed by atoms with van der Waals surface area (Å²) >= 11 is 1.86. The van der Waals surface area contributed by atoms with Crippen molar-refractivity contribution in [1.82, 2.24) is 20.5 Å². The lowest BCUT2D eigenvalue weighted by Crippen LogP contribution is -2.44. The molecule has 0 bridgehead atoms. The van der Waals surface area contributed by atoms with E-state index < -0.39 is 0 Å². The number of aromatic nitrogens is 1. The van der Waals surface area contributed by atoms with Gasteiger partial charge < -0.3 is 15.4 Å². The van der Waals surface area contributed by atoms with E-state index in [0.29, 0.717) is 18.5 Å². The van der Waals surface area contributed by atoms with E-state index >= 15 is 0 Å². The van der Waals surface area contributed by atoms with Gasteiger partial charge in [-0.3, -0.25) is 9.88 Å². The lowest BCUT2D eigenvalue weighted by molar-refractivity contribution is 0.125. The van der Waals surface area contributed by atoms with Crippen molar-refractivity contribution in [2.45, 2.75) is 46.2 Å². The van der Waals surface area contributed by atoms with Crippen LogP contribution in [0.2, 0.25) is 0 Å². The zero-order chi connectivity index (χ0) is 21.5. The molecule has 2 atom stereocenters. The summed E-state index contributed by atoms with van der Waals surface area (Å²) in [4.78, 5) is 13.3. The van der Waals surface area contributed by atoms with Gasteiger partial charge in [0.25, 0.3) is 0 Å². The number of nitrogens with one attached hydrogen (secondary N) is 2. The van der Waals surface area contributed by atoms with Crippen LogP contribution >= 0.6 is 11.3 Å². The quantitative estimate of drug-likeness (QED) is 0.516. The van der Waals surface area contributed by atoms with Crippen molar-refractivity contribution in [3.63, 3.8) is 0 Å². The molecule has 1 fully saturated rings. The van der Waals surface area contributed by atoms with E-state index in [0.717, 1.165) is 48.2 Å². The molecule has 30 heavy (non-hydrogen) atoms. The van der Waals surface area contributed by atoms with Crippen LogP contribution in [0.15, 0.2) is 28.7 Å². The monoisotopic (exact) mass is 429 g/mol. The second kappa shape index (κ2) is 10.8. The molecule has 6 nitrogen and oxygen atoms in total. The van der Waals surface area contributed by atoms with Gasteiger partial charge in [-0.05, 0) is 64.6 Å². The highest BCUT2D eigenvalue weighted by molar-refractivity contribution is 7.10. The smallest absolute Gasteiger partial charge is 0.191 e. The third-order valence-corrected chi connectivity index (χ3v) is 6.80. The van der Waals surface area contributed by atoms with E-state index in [-0.39, 0.29) is 0 Å². The average Bonchev–Trinajstić information content (AvgIpc) is 3.26. The molecule has 2 N–H and O–H groups in total. The number of pyridine rings is 1. The first-order chi connectivity index (χ1) is 14.5. The summed E-state index contributed by atoms with van der Waals surface area (Å²) in [5.41, 5.74) is 3.06. The van der Waals surface area contributed by atoms with Crippen LogP contribution in [0.25, 0.3) is 0 Å². The summed E-state index contributed by atoms with van der Waals surface area (Å²) in [5, 5.41) is 9.15. The normalized spacial score (nSPS) is 20.2. The van der Waals surface area contributed by atoms with Crippen molar-refractivity contribution >= 4 is 17.3 Å². The van der Waals surface area contributed by atoms with Crippen LogP contribution in [0, 0.1) is 19.8 Å². The first-order valence-corrected chi connectivity index (χ1v) is 11.7. The fraction of sp³-hybridized carbons (Fsp3) is 0.565. The highest BCUT2D eigenvalue weighted by Gasteiger charge is 2.31. The number of hydrogen-bond acceptors (Lipinski definition) is 5. The van der Waals surface area contributed by atoms with Crippen molar-refractivity contribution in [3.05, 3.63) is 45.4 Å². The molecule has 0 spiro atoms. The molecule has 2 aromatic rings. The number of guanidine groups is 1. The van der Waals surface area contributed by atoms with Gasteiger partial charge >= 0.3 is 0 Å². The van der Waals surface area contributed by atoms with Gasteiger partial charge in [0, 0.05) is 41.3 Å². The van der Waals surface area contributed by atoms with E-state index in [1.54, 1.807) is 7.11 Å². The number of rotatable bonds is 7. The van der Waals surface area contributed by atoms with Crippen molar-refractivity contribution in [3.8, 4) is 5.75 Å². The van der Waals surface area contributed by atoms with Crippen molar-refractivity contribution in [1.29, 1.82) is 0 Å².